The van der Waals surface area contributed by atoms with Crippen LogP contribution < -0.4 is 4.74 Å². The van der Waals surface area contributed by atoms with Crippen LogP contribution in [0.15, 0.2) is 48.0 Å². The molecule has 0 fully saturated rings. The number of ether oxygens (including phenoxy) is 1. The molecule has 0 saturated carbocycles. The maximum absolute atomic E-state index is 13.2. The lowest BCUT2D eigenvalue weighted by molar-refractivity contribution is -0.274. The Kier molecular flexibility index (Phi) is 5.33. The molecule has 0 radical (unpaired) electrons. The minimum absolute atomic E-state index is 0.0423. The number of hydrogen-bond acceptors (Lipinski definition) is 5. The quantitative estimate of drug-likeness (QED) is 0.591. The van der Waals surface area contributed by atoms with Gasteiger partial charge < -0.3 is 14.7 Å². The number of benzene rings is 1. The van der Waals surface area contributed by atoms with Gasteiger partial charge in [-0.1, -0.05) is 23.7 Å². The molecule has 3 aromatic rings. The van der Waals surface area contributed by atoms with Crippen molar-refractivity contribution in [2.24, 2.45) is 0 Å². The van der Waals surface area contributed by atoms with Gasteiger partial charge in [-0.15, -0.1) is 24.5 Å². The number of pyridine rings is 1. The van der Waals surface area contributed by atoms with Gasteiger partial charge in [0.05, 0.1) is 11.6 Å². The fourth-order valence-electron chi connectivity index (χ4n) is 3.46. The van der Waals surface area contributed by atoms with Gasteiger partial charge in [-0.2, -0.15) is 0 Å². The summed E-state index contributed by atoms with van der Waals surface area (Å²) >= 11 is 7.47. The molecule has 0 spiro atoms. The summed E-state index contributed by atoms with van der Waals surface area (Å²) in [6, 6.07) is 8.25. The van der Waals surface area contributed by atoms with E-state index >= 15 is 0 Å². The molecule has 5 nitrogen and oxygen atoms in total. The Morgan fingerprint density at radius 3 is 2.67 bits per heavy atom. The van der Waals surface area contributed by atoms with Gasteiger partial charge in [-0.3, -0.25) is 4.79 Å². The van der Waals surface area contributed by atoms with E-state index in [9.17, 15) is 23.1 Å². The predicted molar refractivity (Wildman–Crippen MR) is 105 cm³/mol. The van der Waals surface area contributed by atoms with Crippen LogP contribution in [0.4, 0.5) is 13.2 Å². The lowest BCUT2D eigenvalue weighted by atomic mass is 9.92. The van der Waals surface area contributed by atoms with Crippen LogP contribution in [0.5, 0.6) is 11.6 Å². The highest BCUT2D eigenvalue weighted by Crippen LogP contribution is 2.39. The topological polar surface area (TPSA) is 62.7 Å². The summed E-state index contributed by atoms with van der Waals surface area (Å²) in [5.74, 6) is -1.05. The summed E-state index contributed by atoms with van der Waals surface area (Å²) in [5, 5.41) is 11.4. The third-order valence-electron chi connectivity index (χ3n) is 4.72. The molecule has 4 rings (SSSR count). The average molecular weight is 455 g/mol. The van der Waals surface area contributed by atoms with Crippen LogP contribution in [-0.4, -0.2) is 33.8 Å². The van der Waals surface area contributed by atoms with Crippen molar-refractivity contribution in [1.82, 2.24) is 9.88 Å². The molecule has 3 heterocycles. The SMILES string of the molecule is O=C(c1cnc(O)c(Cl)c1)N1CCc2sccc2C1c1ccc(OC(F)(F)F)cc1. The average Bonchev–Trinajstić information content (AvgIpc) is 3.17. The monoisotopic (exact) mass is 454 g/mol. The Bertz CT molecular complexity index is 1090. The van der Waals surface area contributed by atoms with Gasteiger partial charge in [0.15, 0.2) is 0 Å². The zero-order valence-electron chi connectivity index (χ0n) is 15.2. The number of aromatic hydroxyl groups is 1. The van der Waals surface area contributed by atoms with Gasteiger partial charge in [0.1, 0.15) is 10.8 Å². The largest absolute Gasteiger partial charge is 0.573 e. The van der Waals surface area contributed by atoms with E-state index in [1.165, 1.54) is 36.5 Å². The Morgan fingerprint density at radius 1 is 1.27 bits per heavy atom. The second kappa shape index (κ2) is 7.81. The highest BCUT2D eigenvalue weighted by atomic mass is 35.5. The third kappa shape index (κ3) is 4.08. The number of rotatable bonds is 3. The highest BCUT2D eigenvalue weighted by Gasteiger charge is 2.34. The first-order valence-electron chi connectivity index (χ1n) is 8.80. The summed E-state index contributed by atoms with van der Waals surface area (Å²) in [7, 11) is 0. The van der Waals surface area contributed by atoms with Crippen molar-refractivity contribution < 1.29 is 27.8 Å². The number of halogens is 4. The van der Waals surface area contributed by atoms with Gasteiger partial charge >= 0.3 is 6.36 Å². The molecule has 10 heteroatoms. The van der Waals surface area contributed by atoms with Gasteiger partial charge in [-0.05, 0) is 47.2 Å². The maximum atomic E-state index is 13.2. The fourth-order valence-corrected chi connectivity index (χ4v) is 4.53. The van der Waals surface area contributed by atoms with E-state index in [2.05, 4.69) is 9.72 Å². The number of aromatic nitrogens is 1. The van der Waals surface area contributed by atoms with Gasteiger partial charge in [0.25, 0.3) is 5.91 Å². The first-order chi connectivity index (χ1) is 14.2. The van der Waals surface area contributed by atoms with Crippen LogP contribution in [0.3, 0.4) is 0 Å². The van der Waals surface area contributed by atoms with Gasteiger partial charge in [0, 0.05) is 17.6 Å². The Balaban J connectivity index is 1.70. The number of thiophene rings is 1. The number of carbonyl (C=O) groups excluding carboxylic acids is 1. The summed E-state index contributed by atoms with van der Waals surface area (Å²) in [4.78, 5) is 19.7. The molecule has 1 atom stereocenters. The molecule has 1 N–H and O–H groups in total. The van der Waals surface area contributed by atoms with Crippen molar-refractivity contribution in [1.29, 1.82) is 0 Å². The number of fused-ring (bicyclic) bond motifs is 1. The zero-order valence-corrected chi connectivity index (χ0v) is 16.8. The smallest absolute Gasteiger partial charge is 0.492 e. The van der Waals surface area contributed by atoms with Crippen LogP contribution in [0.25, 0.3) is 0 Å². The van der Waals surface area contributed by atoms with E-state index in [0.29, 0.717) is 18.5 Å². The van der Waals surface area contributed by atoms with Gasteiger partial charge in [0.2, 0.25) is 5.88 Å². The molecule has 1 unspecified atom stereocenters. The molecule has 0 aliphatic carbocycles. The number of carbonyl (C=O) groups is 1. The van der Waals surface area contributed by atoms with Crippen LogP contribution >= 0.6 is 22.9 Å². The number of hydrogen-bond donors (Lipinski definition) is 1. The summed E-state index contributed by atoms with van der Waals surface area (Å²) in [5.41, 5.74) is 1.77. The van der Waals surface area contributed by atoms with E-state index in [1.807, 2.05) is 11.4 Å². The molecule has 0 saturated heterocycles. The molecule has 2 aromatic heterocycles. The summed E-state index contributed by atoms with van der Waals surface area (Å²) in [6.07, 6.45) is -2.88. The van der Waals surface area contributed by atoms with Crippen molar-refractivity contribution in [3.05, 3.63) is 74.6 Å². The molecular weight excluding hydrogens is 441 g/mol. The zero-order chi connectivity index (χ0) is 21.5. The van der Waals surface area contributed by atoms with E-state index < -0.39 is 12.4 Å². The molecule has 1 aliphatic rings. The van der Waals surface area contributed by atoms with E-state index in [4.69, 9.17) is 11.6 Å². The normalized spacial score (nSPS) is 16.3. The van der Waals surface area contributed by atoms with Gasteiger partial charge in [-0.25, -0.2) is 4.98 Å². The molecule has 1 amide bonds. The molecule has 156 valence electrons. The molecule has 1 aliphatic heterocycles. The van der Waals surface area contributed by atoms with Crippen molar-refractivity contribution >= 4 is 28.8 Å². The van der Waals surface area contributed by atoms with E-state index in [-0.39, 0.29) is 28.1 Å². The van der Waals surface area contributed by atoms with Crippen molar-refractivity contribution in [3.63, 3.8) is 0 Å². The lowest BCUT2D eigenvalue weighted by Crippen LogP contribution is -2.40. The number of alkyl halides is 3. The molecule has 30 heavy (non-hydrogen) atoms. The Labute approximate surface area is 178 Å². The maximum Gasteiger partial charge on any atom is 0.573 e. The van der Waals surface area contributed by atoms with Crippen LogP contribution in [-0.2, 0) is 6.42 Å². The molecule has 1 aromatic carbocycles. The number of amides is 1. The van der Waals surface area contributed by atoms with Crippen LogP contribution in [0.2, 0.25) is 5.02 Å². The minimum atomic E-state index is -4.78. The van der Waals surface area contributed by atoms with Crippen LogP contribution in [0, 0.1) is 0 Å². The van der Waals surface area contributed by atoms with Crippen molar-refractivity contribution in [2.45, 2.75) is 18.8 Å². The second-order valence-electron chi connectivity index (χ2n) is 6.60. The van der Waals surface area contributed by atoms with E-state index in [0.717, 1.165) is 10.4 Å². The molecular formula is C20H14ClF3N2O3S. The first kappa shape index (κ1) is 20.5. The van der Waals surface area contributed by atoms with Crippen molar-refractivity contribution in [2.75, 3.05) is 6.54 Å². The number of nitrogens with zero attached hydrogens (tertiary/aromatic N) is 2. The van der Waals surface area contributed by atoms with Crippen LogP contribution in [0.1, 0.15) is 32.4 Å². The summed E-state index contributed by atoms with van der Waals surface area (Å²) < 4.78 is 41.3. The summed E-state index contributed by atoms with van der Waals surface area (Å²) in [6.45, 7) is 0.413. The Hall–Kier alpha value is -2.78. The Morgan fingerprint density at radius 2 is 2.00 bits per heavy atom. The fraction of sp³-hybridized carbons (Fsp3) is 0.200. The lowest BCUT2D eigenvalue weighted by Gasteiger charge is -2.36. The second-order valence-corrected chi connectivity index (χ2v) is 8.00. The molecule has 0 bridgehead atoms. The van der Waals surface area contributed by atoms with Crippen molar-refractivity contribution in [3.8, 4) is 11.6 Å². The standard InChI is InChI=1S/C20H14ClF3N2O3S/c21-15-9-12(10-25-18(15)27)19(28)26-7-5-16-14(6-8-30-16)17(26)11-1-3-13(4-2-11)29-20(22,23)24/h1-4,6,8-10,17H,5,7H2,(H,25,27). The minimum Gasteiger partial charge on any atom is -0.492 e. The highest BCUT2D eigenvalue weighted by molar-refractivity contribution is 7.10. The third-order valence-corrected chi connectivity index (χ3v) is 6.00. The van der Waals surface area contributed by atoms with E-state index in [1.54, 1.807) is 16.2 Å². The first-order valence-corrected chi connectivity index (χ1v) is 10.1. The predicted octanol–water partition coefficient (Wildman–Crippen LogP) is 5.19.